The maximum Gasteiger partial charge on any atom is 0.270 e. The van der Waals surface area contributed by atoms with Crippen molar-refractivity contribution in [2.45, 2.75) is 13.3 Å². The second-order valence-corrected chi connectivity index (χ2v) is 6.60. The van der Waals surface area contributed by atoms with Gasteiger partial charge in [-0.3, -0.25) is 9.59 Å². The Labute approximate surface area is 157 Å². The number of ether oxygens (including phenoxy) is 1. The zero-order chi connectivity index (χ0) is 19.0. The first-order valence-corrected chi connectivity index (χ1v) is 8.92. The number of hydrogen-bond donors (Lipinski definition) is 1. The van der Waals surface area contributed by atoms with Gasteiger partial charge in [0, 0.05) is 37.0 Å². The zero-order valence-corrected chi connectivity index (χ0v) is 15.4. The van der Waals surface area contributed by atoms with E-state index in [0.29, 0.717) is 49.1 Å². The van der Waals surface area contributed by atoms with E-state index in [1.807, 2.05) is 29.2 Å². The molecule has 0 spiro atoms. The molecule has 2 amide bonds. The van der Waals surface area contributed by atoms with Gasteiger partial charge in [-0.2, -0.15) is 0 Å². The van der Waals surface area contributed by atoms with Gasteiger partial charge in [0.15, 0.2) is 0 Å². The van der Waals surface area contributed by atoms with E-state index >= 15 is 0 Å². The molecule has 1 N–H and O–H groups in total. The molecule has 0 unspecified atom stereocenters. The number of piperazine rings is 1. The summed E-state index contributed by atoms with van der Waals surface area (Å²) in [6.07, 6.45) is 0.668. The zero-order valence-electron chi connectivity index (χ0n) is 15.4. The molecule has 2 aliphatic rings. The van der Waals surface area contributed by atoms with E-state index in [2.05, 4.69) is 15.3 Å². The average molecular weight is 367 g/mol. The van der Waals surface area contributed by atoms with Crippen molar-refractivity contribution in [3.8, 4) is 5.75 Å². The van der Waals surface area contributed by atoms with Crippen molar-refractivity contribution in [1.29, 1.82) is 0 Å². The Morgan fingerprint density at radius 3 is 2.81 bits per heavy atom. The van der Waals surface area contributed by atoms with Crippen molar-refractivity contribution in [2.75, 3.05) is 43.1 Å². The monoisotopic (exact) mass is 367 g/mol. The fourth-order valence-corrected chi connectivity index (χ4v) is 3.55. The topological polar surface area (TPSA) is 87.7 Å². The first-order valence-electron chi connectivity index (χ1n) is 8.92. The second kappa shape index (κ2) is 6.86. The Kier molecular flexibility index (Phi) is 4.39. The predicted molar refractivity (Wildman–Crippen MR) is 100 cm³/mol. The van der Waals surface area contributed by atoms with E-state index in [1.165, 1.54) is 0 Å². The minimum Gasteiger partial charge on any atom is -0.497 e. The first kappa shape index (κ1) is 17.3. The molecule has 0 bridgehead atoms. The van der Waals surface area contributed by atoms with Crippen LogP contribution < -0.4 is 19.9 Å². The first-order chi connectivity index (χ1) is 13.1. The van der Waals surface area contributed by atoms with Gasteiger partial charge >= 0.3 is 0 Å². The van der Waals surface area contributed by atoms with Crippen LogP contribution in [0.2, 0.25) is 0 Å². The number of carbonyl (C=O) groups is 2. The molecule has 0 saturated carbocycles. The smallest absolute Gasteiger partial charge is 0.270 e. The molecule has 140 valence electrons. The number of rotatable bonds is 3. The van der Waals surface area contributed by atoms with Crippen LogP contribution in [0.25, 0.3) is 0 Å². The Hall–Kier alpha value is -3.16. The van der Waals surface area contributed by atoms with E-state index in [0.717, 1.165) is 11.3 Å². The summed E-state index contributed by atoms with van der Waals surface area (Å²) >= 11 is 0. The van der Waals surface area contributed by atoms with Gasteiger partial charge in [-0.1, -0.05) is 6.07 Å². The molecule has 0 radical (unpaired) electrons. The van der Waals surface area contributed by atoms with E-state index in [9.17, 15) is 9.59 Å². The number of amides is 2. The third-order valence-corrected chi connectivity index (χ3v) is 4.86. The van der Waals surface area contributed by atoms with Crippen LogP contribution in [-0.4, -0.2) is 55.1 Å². The molecule has 1 aromatic carbocycles. The number of fused-ring (bicyclic) bond motifs is 1. The fraction of sp³-hybridized carbons (Fsp3) is 0.368. The van der Waals surface area contributed by atoms with Crippen LogP contribution in [0.3, 0.4) is 0 Å². The number of anilines is 2. The summed E-state index contributed by atoms with van der Waals surface area (Å²) in [6, 6.07) is 7.48. The molecule has 8 nitrogen and oxygen atoms in total. The van der Waals surface area contributed by atoms with Gasteiger partial charge in [-0.05, 0) is 25.5 Å². The number of nitrogens with zero attached hydrogens (tertiary/aromatic N) is 4. The lowest BCUT2D eigenvalue weighted by Gasteiger charge is -2.36. The number of hydrogen-bond acceptors (Lipinski definition) is 6. The Morgan fingerprint density at radius 1 is 1.19 bits per heavy atom. The Bertz CT molecular complexity index is 914. The lowest BCUT2D eigenvalue weighted by molar-refractivity contribution is -0.117. The standard InChI is InChI=1S/C19H21N5O3/c1-12-21-17-15(6-7-20-19(17)26)18(22-12)23-8-9-24(16(25)11-23)13-4-3-5-14(10-13)27-2/h3-5,10H,6-9,11H2,1-2H3,(H,20,26). The van der Waals surface area contributed by atoms with Crippen LogP contribution in [0.1, 0.15) is 21.9 Å². The SMILES string of the molecule is COc1cccc(N2CCN(c3nc(C)nc4c3CCNC4=O)CC2=O)c1. The van der Waals surface area contributed by atoms with Gasteiger partial charge in [-0.25, -0.2) is 9.97 Å². The Balaban J connectivity index is 1.60. The molecular weight excluding hydrogens is 346 g/mol. The van der Waals surface area contributed by atoms with Gasteiger partial charge in [0.2, 0.25) is 5.91 Å². The van der Waals surface area contributed by atoms with Crippen LogP contribution in [0.15, 0.2) is 24.3 Å². The normalized spacial score (nSPS) is 16.8. The molecule has 0 aliphatic carbocycles. The van der Waals surface area contributed by atoms with Crippen molar-refractivity contribution in [3.63, 3.8) is 0 Å². The lowest BCUT2D eigenvalue weighted by atomic mass is 10.1. The summed E-state index contributed by atoms with van der Waals surface area (Å²) in [5.41, 5.74) is 2.07. The van der Waals surface area contributed by atoms with E-state index in [-0.39, 0.29) is 18.4 Å². The van der Waals surface area contributed by atoms with E-state index in [4.69, 9.17) is 4.74 Å². The molecule has 4 rings (SSSR count). The molecular formula is C19H21N5O3. The number of carbonyl (C=O) groups excluding carboxylic acids is 2. The lowest BCUT2D eigenvalue weighted by Crippen LogP contribution is -2.51. The van der Waals surface area contributed by atoms with E-state index < -0.39 is 0 Å². The highest BCUT2D eigenvalue weighted by Crippen LogP contribution is 2.27. The van der Waals surface area contributed by atoms with Crippen LogP contribution >= 0.6 is 0 Å². The highest BCUT2D eigenvalue weighted by molar-refractivity contribution is 5.99. The van der Waals surface area contributed by atoms with Gasteiger partial charge < -0.3 is 19.9 Å². The quantitative estimate of drug-likeness (QED) is 0.869. The molecule has 2 aromatic rings. The Morgan fingerprint density at radius 2 is 2.04 bits per heavy atom. The molecule has 3 heterocycles. The number of aryl methyl sites for hydroxylation is 1. The summed E-state index contributed by atoms with van der Waals surface area (Å²) in [7, 11) is 1.61. The third kappa shape index (κ3) is 3.18. The second-order valence-electron chi connectivity index (χ2n) is 6.60. The van der Waals surface area contributed by atoms with Crippen molar-refractivity contribution in [3.05, 3.63) is 41.3 Å². The molecule has 1 saturated heterocycles. The largest absolute Gasteiger partial charge is 0.497 e. The van der Waals surface area contributed by atoms with Gasteiger partial charge in [0.1, 0.15) is 23.1 Å². The molecule has 27 heavy (non-hydrogen) atoms. The number of aromatic nitrogens is 2. The van der Waals surface area contributed by atoms with Crippen LogP contribution in [-0.2, 0) is 11.2 Å². The summed E-state index contributed by atoms with van der Waals surface area (Å²) in [6.45, 7) is 3.70. The van der Waals surface area contributed by atoms with Gasteiger partial charge in [0.05, 0.1) is 13.7 Å². The van der Waals surface area contributed by atoms with Gasteiger partial charge in [0.25, 0.3) is 5.91 Å². The maximum absolute atomic E-state index is 12.8. The number of nitrogens with one attached hydrogen (secondary N) is 1. The number of benzene rings is 1. The molecule has 1 aromatic heterocycles. The molecule has 8 heteroatoms. The van der Waals surface area contributed by atoms with Gasteiger partial charge in [-0.15, -0.1) is 0 Å². The van der Waals surface area contributed by atoms with Crippen molar-refractivity contribution in [1.82, 2.24) is 15.3 Å². The highest BCUT2D eigenvalue weighted by Gasteiger charge is 2.31. The minimum atomic E-state index is -0.177. The molecule has 2 aliphatic heterocycles. The van der Waals surface area contributed by atoms with Crippen LogP contribution in [0.4, 0.5) is 11.5 Å². The summed E-state index contributed by atoms with van der Waals surface area (Å²) in [5, 5.41) is 2.81. The third-order valence-electron chi connectivity index (χ3n) is 4.86. The average Bonchev–Trinajstić information content (AvgIpc) is 2.68. The summed E-state index contributed by atoms with van der Waals surface area (Å²) in [5.74, 6) is 1.76. The summed E-state index contributed by atoms with van der Waals surface area (Å²) < 4.78 is 5.25. The van der Waals surface area contributed by atoms with E-state index in [1.54, 1.807) is 18.9 Å². The molecule has 1 fully saturated rings. The highest BCUT2D eigenvalue weighted by atomic mass is 16.5. The maximum atomic E-state index is 12.8. The van der Waals surface area contributed by atoms with Crippen LogP contribution in [0.5, 0.6) is 5.75 Å². The number of methoxy groups -OCH3 is 1. The van der Waals surface area contributed by atoms with Crippen molar-refractivity contribution >= 4 is 23.3 Å². The predicted octanol–water partition coefficient (Wildman–Crippen LogP) is 0.933. The summed E-state index contributed by atoms with van der Waals surface area (Å²) in [4.78, 5) is 37.5. The van der Waals surface area contributed by atoms with Crippen LogP contribution in [0, 0.1) is 6.92 Å². The van der Waals surface area contributed by atoms with Crippen molar-refractivity contribution < 1.29 is 14.3 Å². The minimum absolute atomic E-state index is 0.0141. The fourth-order valence-electron chi connectivity index (χ4n) is 3.55. The van der Waals surface area contributed by atoms with Crippen molar-refractivity contribution in [2.24, 2.45) is 0 Å². The molecule has 0 atom stereocenters.